The van der Waals surface area contributed by atoms with Crippen LogP contribution in [0, 0.1) is 17.5 Å². The third kappa shape index (κ3) is 5.75. The molecular weight excluding hydrogens is 579 g/mol. The van der Waals surface area contributed by atoms with E-state index in [2.05, 4.69) is 39.8 Å². The number of benzene rings is 2. The van der Waals surface area contributed by atoms with Gasteiger partial charge in [-0.1, -0.05) is 31.8 Å². The van der Waals surface area contributed by atoms with Gasteiger partial charge in [-0.2, -0.15) is 10.2 Å². The maximum absolute atomic E-state index is 15.5. The minimum absolute atomic E-state index is 0.0922. The molecule has 6 rings (SSSR count). The number of aromatic nitrogens is 6. The van der Waals surface area contributed by atoms with Gasteiger partial charge in [-0.15, -0.1) is 0 Å². The molecule has 0 spiro atoms. The Bertz CT molecular complexity index is 1820. The fourth-order valence-corrected chi connectivity index (χ4v) is 5.59. The summed E-state index contributed by atoms with van der Waals surface area (Å²) in [5.74, 6) is -1.55. The first kappa shape index (κ1) is 28.6. The average molecular weight is 608 g/mol. The van der Waals surface area contributed by atoms with Crippen molar-refractivity contribution in [1.29, 1.82) is 0 Å². The highest BCUT2D eigenvalue weighted by Gasteiger charge is 2.38. The fraction of sp³-hybridized carbons (Fsp3) is 0.276. The largest absolute Gasteiger partial charge is 0.447 e. The van der Waals surface area contributed by atoms with Gasteiger partial charge in [0.1, 0.15) is 49.0 Å². The van der Waals surface area contributed by atoms with E-state index in [-0.39, 0.29) is 30.3 Å². The summed E-state index contributed by atoms with van der Waals surface area (Å²) in [6, 6.07) is 9.50. The van der Waals surface area contributed by atoms with E-state index in [9.17, 15) is 13.6 Å². The molecule has 1 amide bonds. The van der Waals surface area contributed by atoms with Gasteiger partial charge in [0.05, 0.1) is 11.8 Å². The van der Waals surface area contributed by atoms with Gasteiger partial charge in [0.25, 0.3) is 0 Å². The van der Waals surface area contributed by atoms with Gasteiger partial charge in [0.2, 0.25) is 0 Å². The van der Waals surface area contributed by atoms with Crippen LogP contribution in [0.25, 0.3) is 28.2 Å². The van der Waals surface area contributed by atoms with Crippen LogP contribution in [-0.2, 0) is 16.2 Å². The molecule has 10 nitrogen and oxygen atoms in total. The van der Waals surface area contributed by atoms with E-state index in [1.165, 1.54) is 44.8 Å². The van der Waals surface area contributed by atoms with Crippen LogP contribution < -0.4 is 4.90 Å². The Morgan fingerprint density at radius 3 is 2.63 bits per heavy atom. The highest BCUT2D eigenvalue weighted by atomic mass is 28.3. The maximum atomic E-state index is 15.5. The van der Waals surface area contributed by atoms with Crippen LogP contribution in [0.3, 0.4) is 0 Å². The molecule has 1 aliphatic heterocycles. The van der Waals surface area contributed by atoms with Crippen LogP contribution in [0.4, 0.5) is 23.8 Å². The van der Waals surface area contributed by atoms with Crippen molar-refractivity contribution in [2.75, 3.05) is 18.1 Å². The van der Waals surface area contributed by atoms with Crippen LogP contribution in [0.15, 0.2) is 61.2 Å². The Balaban J connectivity index is 1.28. The summed E-state index contributed by atoms with van der Waals surface area (Å²) >= 11 is 0. The molecule has 1 aliphatic rings. The van der Waals surface area contributed by atoms with Gasteiger partial charge in [-0.05, 0) is 35.9 Å². The lowest BCUT2D eigenvalue weighted by atomic mass is 10.1. The number of halogens is 3. The zero-order valence-corrected chi connectivity index (χ0v) is 24.7. The van der Waals surface area contributed by atoms with Crippen molar-refractivity contribution in [1.82, 2.24) is 29.4 Å². The lowest BCUT2D eigenvalue weighted by molar-refractivity contribution is 0.0796. The molecule has 0 saturated carbocycles. The second-order valence-electron chi connectivity index (χ2n) is 11.4. The number of carbonyl (C=O) groups excluding carboxylic acids is 1. The molecule has 43 heavy (non-hydrogen) atoms. The highest BCUT2D eigenvalue weighted by molar-refractivity contribution is 6.76. The van der Waals surface area contributed by atoms with Gasteiger partial charge >= 0.3 is 6.09 Å². The third-order valence-corrected chi connectivity index (χ3v) is 8.85. The number of rotatable bonds is 9. The second-order valence-corrected chi connectivity index (χ2v) is 17.0. The van der Waals surface area contributed by atoms with Crippen molar-refractivity contribution in [3.05, 3.63) is 84.2 Å². The van der Waals surface area contributed by atoms with E-state index in [1.807, 2.05) is 0 Å². The molecule has 0 unspecified atom stereocenters. The van der Waals surface area contributed by atoms with Gasteiger partial charge in [-0.25, -0.2) is 37.1 Å². The quantitative estimate of drug-likeness (QED) is 0.148. The topological polar surface area (TPSA) is 99.7 Å². The first-order valence-electron chi connectivity index (χ1n) is 13.6. The minimum atomic E-state index is -1.25. The number of fused-ring (bicyclic) bond motifs is 1. The van der Waals surface area contributed by atoms with Gasteiger partial charge in [0, 0.05) is 38.1 Å². The number of anilines is 1. The Morgan fingerprint density at radius 2 is 1.86 bits per heavy atom. The van der Waals surface area contributed by atoms with Crippen LogP contribution >= 0.6 is 0 Å². The first-order chi connectivity index (χ1) is 20.6. The molecule has 0 aliphatic carbocycles. The first-order valence-corrected chi connectivity index (χ1v) is 17.3. The van der Waals surface area contributed by atoms with Crippen LogP contribution in [-0.4, -0.2) is 56.7 Å². The highest BCUT2D eigenvalue weighted by Crippen LogP contribution is 2.35. The summed E-state index contributed by atoms with van der Waals surface area (Å²) in [7, 11) is -1.25. The van der Waals surface area contributed by atoms with Crippen molar-refractivity contribution in [3.8, 4) is 22.5 Å². The van der Waals surface area contributed by atoms with Gasteiger partial charge in [-0.3, -0.25) is 4.90 Å². The van der Waals surface area contributed by atoms with Crippen LogP contribution in [0.2, 0.25) is 25.7 Å². The monoisotopic (exact) mass is 607 g/mol. The number of hydrogen-bond acceptors (Lipinski definition) is 7. The molecule has 2 aromatic carbocycles. The summed E-state index contributed by atoms with van der Waals surface area (Å²) in [5, 5.41) is 8.50. The number of ether oxygens (including phenoxy) is 2. The number of nitrogens with zero attached hydrogens (tertiary/aromatic N) is 7. The van der Waals surface area contributed by atoms with E-state index in [0.717, 1.165) is 18.2 Å². The lowest BCUT2D eigenvalue weighted by Crippen LogP contribution is -2.29. The number of amides is 1. The van der Waals surface area contributed by atoms with Crippen molar-refractivity contribution in [3.63, 3.8) is 0 Å². The predicted octanol–water partition coefficient (Wildman–Crippen LogP) is 6.08. The Kier molecular flexibility index (Phi) is 7.48. The van der Waals surface area contributed by atoms with Crippen molar-refractivity contribution < 1.29 is 27.4 Å². The molecule has 1 saturated heterocycles. The van der Waals surface area contributed by atoms with E-state index in [1.54, 1.807) is 18.3 Å². The van der Waals surface area contributed by atoms with E-state index >= 15 is 4.39 Å². The molecule has 0 bridgehead atoms. The molecule has 3 aromatic heterocycles. The third-order valence-electron chi connectivity index (χ3n) is 7.14. The number of carbonyl (C=O) groups is 1. The summed E-state index contributed by atoms with van der Waals surface area (Å²) in [6.07, 6.45) is 3.75. The predicted molar refractivity (Wildman–Crippen MR) is 154 cm³/mol. The van der Waals surface area contributed by atoms with Crippen molar-refractivity contribution >= 4 is 25.6 Å². The molecule has 222 valence electrons. The fourth-order valence-electron chi connectivity index (χ4n) is 4.83. The maximum Gasteiger partial charge on any atom is 0.416 e. The molecule has 5 aromatic rings. The molecule has 4 heterocycles. The van der Waals surface area contributed by atoms with E-state index in [0.29, 0.717) is 29.2 Å². The molecule has 14 heteroatoms. The Labute approximate surface area is 245 Å². The van der Waals surface area contributed by atoms with Crippen molar-refractivity contribution in [2.24, 2.45) is 0 Å². The SMILES string of the molecule is C[Si](C)(C)CCOCn1ncnc1-c1ccc(-c2cnn3ccc(N4C(=O)OC[C@H]4c4ccc(F)cc4F)nc23)cc1F. The molecule has 0 radical (unpaired) electrons. The van der Waals surface area contributed by atoms with Crippen LogP contribution in [0.5, 0.6) is 0 Å². The summed E-state index contributed by atoms with van der Waals surface area (Å²) in [6.45, 7) is 7.40. The summed E-state index contributed by atoms with van der Waals surface area (Å²) < 4.78 is 57.6. The van der Waals surface area contributed by atoms with Crippen LogP contribution in [0.1, 0.15) is 11.6 Å². The molecule has 1 fully saturated rings. The molecular formula is C29H28F3N7O3Si. The van der Waals surface area contributed by atoms with Crippen molar-refractivity contribution in [2.45, 2.75) is 38.5 Å². The molecule has 1 atom stereocenters. The number of hydrogen-bond donors (Lipinski definition) is 0. The Hall–Kier alpha value is -4.56. The Morgan fingerprint density at radius 1 is 1.02 bits per heavy atom. The minimum Gasteiger partial charge on any atom is -0.447 e. The average Bonchev–Trinajstić information content (AvgIpc) is 3.69. The summed E-state index contributed by atoms with van der Waals surface area (Å²) in [5.41, 5.74) is 1.67. The van der Waals surface area contributed by atoms with Gasteiger partial charge in [0.15, 0.2) is 11.5 Å². The second kappa shape index (κ2) is 11.3. The zero-order valence-electron chi connectivity index (χ0n) is 23.7. The molecule has 0 N–H and O–H groups in total. The number of cyclic esters (lactones) is 1. The standard InChI is InChI=1S/C29H28F3N7O3Si/c1-43(2,3)11-10-41-17-38-27(33-16-35-38)21-6-4-18(12-23(21)31)22-14-34-37-9-8-26(36-28(22)37)39-25(15-42-29(39)40)20-7-5-19(30)13-24(20)32/h4-9,12-14,16,25H,10-11,15,17H2,1-3H3/t25-/m0/s1. The zero-order chi connectivity index (χ0) is 30.3. The lowest BCUT2D eigenvalue weighted by Gasteiger charge is -2.21. The van der Waals surface area contributed by atoms with Gasteiger partial charge < -0.3 is 9.47 Å². The normalized spacial score (nSPS) is 15.4. The smallest absolute Gasteiger partial charge is 0.416 e. The summed E-state index contributed by atoms with van der Waals surface area (Å²) in [4.78, 5) is 22.7. The van der Waals surface area contributed by atoms with E-state index in [4.69, 9.17) is 9.47 Å². The van der Waals surface area contributed by atoms with E-state index < -0.39 is 37.7 Å².